The second kappa shape index (κ2) is 4.84. The van der Waals surface area contributed by atoms with Gasteiger partial charge in [0.25, 0.3) is 0 Å². The van der Waals surface area contributed by atoms with Gasteiger partial charge in [-0.25, -0.2) is 4.68 Å². The Hall–Kier alpha value is -2.42. The van der Waals surface area contributed by atoms with Gasteiger partial charge >= 0.3 is 0 Å². The summed E-state index contributed by atoms with van der Waals surface area (Å²) in [4.78, 5) is 4.37. The van der Waals surface area contributed by atoms with E-state index in [4.69, 9.17) is 0 Å². The molecule has 0 unspecified atom stereocenters. The zero-order chi connectivity index (χ0) is 12.2. The van der Waals surface area contributed by atoms with Gasteiger partial charge in [-0.1, -0.05) is 30.4 Å². The van der Waals surface area contributed by atoms with Gasteiger partial charge in [-0.3, -0.25) is 4.99 Å². The highest BCUT2D eigenvalue weighted by molar-refractivity contribution is 5.80. The Balaban J connectivity index is 1.93. The van der Waals surface area contributed by atoms with Gasteiger partial charge in [0.2, 0.25) is 0 Å². The fourth-order valence-corrected chi connectivity index (χ4v) is 1.85. The van der Waals surface area contributed by atoms with Crippen LogP contribution in [-0.4, -0.2) is 16.0 Å². The summed E-state index contributed by atoms with van der Waals surface area (Å²) in [6.45, 7) is 0. The Kier molecular flexibility index (Phi) is 2.88. The lowest BCUT2D eigenvalue weighted by atomic mass is 10.2. The summed E-state index contributed by atoms with van der Waals surface area (Å²) in [6.07, 6.45) is 10.8. The van der Waals surface area contributed by atoms with Crippen molar-refractivity contribution >= 4 is 11.9 Å². The lowest BCUT2D eigenvalue weighted by molar-refractivity contribution is 0.872. The molecular weight excluding hydrogens is 222 g/mol. The molecule has 0 fully saturated rings. The fourth-order valence-electron chi connectivity index (χ4n) is 1.85. The molecule has 3 heteroatoms. The van der Waals surface area contributed by atoms with E-state index in [1.807, 2.05) is 53.4 Å². The van der Waals surface area contributed by atoms with Gasteiger partial charge in [-0.2, -0.15) is 5.10 Å². The maximum absolute atomic E-state index is 4.55. The molecule has 0 saturated heterocycles. The molecule has 1 aliphatic heterocycles. The van der Waals surface area contributed by atoms with Gasteiger partial charge < -0.3 is 0 Å². The second-order valence-corrected chi connectivity index (χ2v) is 4.01. The minimum atomic E-state index is 0.896. The second-order valence-electron chi connectivity index (χ2n) is 4.01. The molecule has 0 aliphatic carbocycles. The number of nitrogens with zero attached hydrogens (tertiary/aromatic N) is 3. The van der Waals surface area contributed by atoms with Crippen molar-refractivity contribution in [3.8, 4) is 5.69 Å². The zero-order valence-electron chi connectivity index (χ0n) is 9.90. The highest BCUT2D eigenvalue weighted by Crippen LogP contribution is 2.17. The van der Waals surface area contributed by atoms with Gasteiger partial charge in [-0.15, -0.1) is 0 Å². The SMILES string of the molecule is C1=CCC=C(c2ccn(-c3ccccc3)n2)N=C1. The summed E-state index contributed by atoms with van der Waals surface area (Å²) in [5, 5.41) is 4.55. The van der Waals surface area contributed by atoms with Gasteiger partial charge in [0.15, 0.2) is 0 Å². The van der Waals surface area contributed by atoms with Crippen molar-refractivity contribution in [3.63, 3.8) is 0 Å². The molecule has 1 aromatic heterocycles. The number of allylic oxidation sites excluding steroid dienone is 3. The van der Waals surface area contributed by atoms with Crippen LogP contribution in [0.1, 0.15) is 12.1 Å². The summed E-state index contributed by atoms with van der Waals surface area (Å²) in [7, 11) is 0. The lowest BCUT2D eigenvalue weighted by Gasteiger charge is -2.00. The Bertz CT molecular complexity index is 618. The molecule has 0 saturated carbocycles. The number of hydrogen-bond donors (Lipinski definition) is 0. The van der Waals surface area contributed by atoms with Crippen LogP contribution < -0.4 is 0 Å². The molecule has 3 nitrogen and oxygen atoms in total. The molecular formula is C15H13N3. The first-order chi connectivity index (χ1) is 8.93. The van der Waals surface area contributed by atoms with Crippen molar-refractivity contribution in [1.29, 1.82) is 0 Å². The van der Waals surface area contributed by atoms with E-state index < -0.39 is 0 Å². The molecule has 0 spiro atoms. The van der Waals surface area contributed by atoms with E-state index >= 15 is 0 Å². The molecule has 0 atom stereocenters. The Morgan fingerprint density at radius 1 is 1.06 bits per heavy atom. The number of hydrogen-bond acceptors (Lipinski definition) is 2. The van der Waals surface area contributed by atoms with E-state index in [-0.39, 0.29) is 0 Å². The third-order valence-corrected chi connectivity index (χ3v) is 2.76. The third-order valence-electron chi connectivity index (χ3n) is 2.76. The van der Waals surface area contributed by atoms with E-state index in [0.717, 1.165) is 23.5 Å². The summed E-state index contributed by atoms with van der Waals surface area (Å²) in [5.74, 6) is 0. The third kappa shape index (κ3) is 2.15. The highest BCUT2D eigenvalue weighted by Gasteiger charge is 2.05. The van der Waals surface area contributed by atoms with Crippen LogP contribution in [0.2, 0.25) is 0 Å². The van der Waals surface area contributed by atoms with E-state index in [1.54, 1.807) is 6.21 Å². The molecule has 0 N–H and O–H groups in total. The summed E-state index contributed by atoms with van der Waals surface area (Å²) in [6, 6.07) is 12.1. The molecule has 88 valence electrons. The maximum Gasteiger partial charge on any atom is 0.111 e. The summed E-state index contributed by atoms with van der Waals surface area (Å²) < 4.78 is 1.87. The van der Waals surface area contributed by atoms with Gasteiger partial charge in [0.1, 0.15) is 5.69 Å². The zero-order valence-corrected chi connectivity index (χ0v) is 9.90. The van der Waals surface area contributed by atoms with Crippen LogP contribution in [0.15, 0.2) is 65.8 Å². The number of aromatic nitrogens is 2. The number of benzene rings is 1. The van der Waals surface area contributed by atoms with Crippen LogP contribution in [0.25, 0.3) is 11.4 Å². The first-order valence-corrected chi connectivity index (χ1v) is 5.94. The molecule has 0 bridgehead atoms. The Morgan fingerprint density at radius 3 is 2.83 bits per heavy atom. The molecule has 2 aromatic rings. The highest BCUT2D eigenvalue weighted by atomic mass is 15.3. The quantitative estimate of drug-likeness (QED) is 0.785. The minimum absolute atomic E-state index is 0.896. The fraction of sp³-hybridized carbons (Fsp3) is 0.0667. The maximum atomic E-state index is 4.55. The van der Waals surface area contributed by atoms with E-state index in [2.05, 4.69) is 22.2 Å². The summed E-state index contributed by atoms with van der Waals surface area (Å²) >= 11 is 0. The molecule has 18 heavy (non-hydrogen) atoms. The lowest BCUT2D eigenvalue weighted by Crippen LogP contribution is -1.95. The molecule has 2 heterocycles. The summed E-state index contributed by atoms with van der Waals surface area (Å²) in [5.41, 5.74) is 2.88. The van der Waals surface area contributed by atoms with Crippen LogP contribution in [0, 0.1) is 0 Å². The largest absolute Gasteiger partial charge is 0.255 e. The molecule has 1 aliphatic rings. The smallest absolute Gasteiger partial charge is 0.111 e. The Morgan fingerprint density at radius 2 is 1.94 bits per heavy atom. The van der Waals surface area contributed by atoms with Crippen molar-refractivity contribution in [2.45, 2.75) is 6.42 Å². The number of rotatable bonds is 2. The van der Waals surface area contributed by atoms with Crippen molar-refractivity contribution in [2.24, 2.45) is 4.99 Å². The first kappa shape index (κ1) is 10.7. The molecule has 0 radical (unpaired) electrons. The first-order valence-electron chi connectivity index (χ1n) is 5.94. The van der Waals surface area contributed by atoms with Crippen LogP contribution in [0.4, 0.5) is 0 Å². The van der Waals surface area contributed by atoms with Crippen LogP contribution in [-0.2, 0) is 0 Å². The normalized spacial score (nSPS) is 14.3. The van der Waals surface area contributed by atoms with Crippen molar-refractivity contribution in [1.82, 2.24) is 9.78 Å². The topological polar surface area (TPSA) is 30.2 Å². The van der Waals surface area contributed by atoms with E-state index in [9.17, 15) is 0 Å². The van der Waals surface area contributed by atoms with Crippen molar-refractivity contribution in [2.75, 3.05) is 0 Å². The molecule has 3 rings (SSSR count). The molecule has 0 amide bonds. The average Bonchev–Trinajstić information content (AvgIpc) is 2.76. The number of para-hydroxylation sites is 1. The van der Waals surface area contributed by atoms with E-state index in [0.29, 0.717) is 0 Å². The van der Waals surface area contributed by atoms with Crippen LogP contribution in [0.5, 0.6) is 0 Å². The molecule has 1 aromatic carbocycles. The van der Waals surface area contributed by atoms with Crippen molar-refractivity contribution < 1.29 is 0 Å². The van der Waals surface area contributed by atoms with Gasteiger partial charge in [0.05, 0.1) is 11.4 Å². The van der Waals surface area contributed by atoms with Gasteiger partial charge in [0, 0.05) is 12.4 Å². The predicted molar refractivity (Wildman–Crippen MR) is 73.8 cm³/mol. The Labute approximate surface area is 106 Å². The standard InChI is InChI=1S/C15H13N3/c1-3-7-13(8-4-1)18-12-10-15(17-18)14-9-5-2-6-11-16-14/h1-4,6-12H,5H2. The monoisotopic (exact) mass is 235 g/mol. The van der Waals surface area contributed by atoms with Crippen LogP contribution >= 0.6 is 0 Å². The van der Waals surface area contributed by atoms with Crippen LogP contribution in [0.3, 0.4) is 0 Å². The predicted octanol–water partition coefficient (Wildman–Crippen LogP) is 3.24. The van der Waals surface area contributed by atoms with E-state index in [1.165, 1.54) is 0 Å². The van der Waals surface area contributed by atoms with Gasteiger partial charge in [-0.05, 0) is 30.7 Å². The number of aliphatic imine (C=N–C) groups is 1. The average molecular weight is 235 g/mol. The van der Waals surface area contributed by atoms with Crippen molar-refractivity contribution in [3.05, 3.63) is 66.5 Å². The minimum Gasteiger partial charge on any atom is -0.255 e.